The summed E-state index contributed by atoms with van der Waals surface area (Å²) in [5.41, 5.74) is 1.52. The second kappa shape index (κ2) is 12.2. The van der Waals surface area contributed by atoms with Crippen molar-refractivity contribution in [3.05, 3.63) is 44.7 Å². The Kier molecular flexibility index (Phi) is 8.99. The molecular formula is C26H32N4O5S2. The van der Waals surface area contributed by atoms with Crippen molar-refractivity contribution in [2.75, 3.05) is 44.4 Å². The van der Waals surface area contributed by atoms with Crippen LogP contribution in [0.5, 0.6) is 0 Å². The highest BCUT2D eigenvalue weighted by Gasteiger charge is 2.33. The molecule has 4 heterocycles. The number of thiocarbonyl (C=S) groups is 1. The highest BCUT2D eigenvalue weighted by Crippen LogP contribution is 2.34. The number of piperidine rings is 1. The molecule has 1 amide bonds. The molecule has 2 aliphatic heterocycles. The first-order chi connectivity index (χ1) is 17.8. The van der Waals surface area contributed by atoms with Crippen LogP contribution in [0, 0.1) is 12.8 Å². The SMILES string of the molecule is CCOCCCN1C(=O)/C(=C/c2c(N3CCC(C(=O)OCC)CC3)nc3c(C)cccn3c2=O)SC1=S. The van der Waals surface area contributed by atoms with E-state index in [1.165, 1.54) is 16.2 Å². The second-order valence-corrected chi connectivity index (χ2v) is 10.6. The minimum absolute atomic E-state index is 0.170. The molecule has 198 valence electrons. The number of aromatic nitrogens is 2. The number of carbonyl (C=O) groups is 2. The van der Waals surface area contributed by atoms with Gasteiger partial charge in [0.25, 0.3) is 11.5 Å². The number of thioether (sulfide) groups is 1. The van der Waals surface area contributed by atoms with Gasteiger partial charge < -0.3 is 14.4 Å². The van der Waals surface area contributed by atoms with Gasteiger partial charge in [0, 0.05) is 39.0 Å². The zero-order chi connectivity index (χ0) is 26.5. The summed E-state index contributed by atoms with van der Waals surface area (Å²) in [6, 6.07) is 3.71. The van der Waals surface area contributed by atoms with Crippen LogP contribution in [0.3, 0.4) is 0 Å². The topological polar surface area (TPSA) is 93.4 Å². The van der Waals surface area contributed by atoms with Crippen LogP contribution in [0.1, 0.15) is 44.2 Å². The van der Waals surface area contributed by atoms with E-state index in [-0.39, 0.29) is 23.4 Å². The Labute approximate surface area is 225 Å². The Morgan fingerprint density at radius 3 is 2.70 bits per heavy atom. The predicted octanol–water partition coefficient (Wildman–Crippen LogP) is 3.41. The molecule has 2 aromatic heterocycles. The summed E-state index contributed by atoms with van der Waals surface area (Å²) in [7, 11) is 0. The van der Waals surface area contributed by atoms with Crippen LogP contribution in [0.4, 0.5) is 5.82 Å². The van der Waals surface area contributed by atoms with Crippen LogP contribution in [-0.4, -0.2) is 69.9 Å². The van der Waals surface area contributed by atoms with Gasteiger partial charge in [-0.05, 0) is 57.7 Å². The third kappa shape index (κ3) is 5.89. The number of anilines is 1. The van der Waals surface area contributed by atoms with Gasteiger partial charge in [-0.3, -0.25) is 23.7 Å². The molecule has 11 heteroatoms. The van der Waals surface area contributed by atoms with Crippen molar-refractivity contribution in [1.82, 2.24) is 14.3 Å². The lowest BCUT2D eigenvalue weighted by Gasteiger charge is -2.32. The number of aryl methyl sites for hydroxylation is 1. The molecule has 9 nitrogen and oxygen atoms in total. The summed E-state index contributed by atoms with van der Waals surface area (Å²) in [4.78, 5) is 48.0. The number of rotatable bonds is 9. The normalized spacial score (nSPS) is 17.9. The van der Waals surface area contributed by atoms with Crippen LogP contribution < -0.4 is 10.5 Å². The van der Waals surface area contributed by atoms with Crippen molar-refractivity contribution in [1.29, 1.82) is 0 Å². The monoisotopic (exact) mass is 544 g/mol. The Morgan fingerprint density at radius 2 is 2.00 bits per heavy atom. The van der Waals surface area contributed by atoms with Gasteiger partial charge in [0.1, 0.15) is 15.8 Å². The lowest BCUT2D eigenvalue weighted by Crippen LogP contribution is -2.39. The molecule has 4 rings (SSSR count). The molecule has 0 saturated carbocycles. The summed E-state index contributed by atoms with van der Waals surface area (Å²) >= 11 is 6.66. The molecule has 2 fully saturated rings. The van der Waals surface area contributed by atoms with Gasteiger partial charge in [-0.25, -0.2) is 4.98 Å². The van der Waals surface area contributed by atoms with Gasteiger partial charge in [0.15, 0.2) is 0 Å². The summed E-state index contributed by atoms with van der Waals surface area (Å²) in [5, 5.41) is 0. The van der Waals surface area contributed by atoms with Gasteiger partial charge in [-0.1, -0.05) is 30.0 Å². The molecule has 0 aromatic carbocycles. The first-order valence-corrected chi connectivity index (χ1v) is 13.8. The van der Waals surface area contributed by atoms with Gasteiger partial charge in [-0.2, -0.15) is 0 Å². The molecule has 0 unspecified atom stereocenters. The number of esters is 1. The molecule has 0 aliphatic carbocycles. The number of ether oxygens (including phenoxy) is 2. The lowest BCUT2D eigenvalue weighted by atomic mass is 9.96. The van der Waals surface area contributed by atoms with E-state index in [2.05, 4.69) is 0 Å². The van der Waals surface area contributed by atoms with Gasteiger partial charge in [0.05, 0.1) is 23.0 Å². The number of fused-ring (bicyclic) bond motifs is 1. The minimum atomic E-state index is -0.252. The summed E-state index contributed by atoms with van der Waals surface area (Å²) in [5.74, 6) is -0.0518. The van der Waals surface area contributed by atoms with Crippen molar-refractivity contribution < 1.29 is 19.1 Å². The van der Waals surface area contributed by atoms with Gasteiger partial charge >= 0.3 is 5.97 Å². The van der Waals surface area contributed by atoms with E-state index in [0.29, 0.717) is 85.0 Å². The number of nitrogens with zero attached hydrogens (tertiary/aromatic N) is 4. The third-order valence-electron chi connectivity index (χ3n) is 6.50. The maximum atomic E-state index is 13.7. The fourth-order valence-electron chi connectivity index (χ4n) is 4.55. The Hall–Kier alpha value is -2.76. The predicted molar refractivity (Wildman–Crippen MR) is 149 cm³/mol. The van der Waals surface area contributed by atoms with Crippen molar-refractivity contribution in [3.8, 4) is 0 Å². The number of hydrogen-bond donors (Lipinski definition) is 0. The van der Waals surface area contributed by atoms with Crippen molar-refractivity contribution in [2.45, 2.75) is 40.0 Å². The molecule has 0 bridgehead atoms. The number of pyridine rings is 1. The van der Waals surface area contributed by atoms with E-state index < -0.39 is 0 Å². The van der Waals surface area contributed by atoms with Crippen LogP contribution in [0.2, 0.25) is 0 Å². The summed E-state index contributed by atoms with van der Waals surface area (Å²) in [6.07, 6.45) is 5.20. The van der Waals surface area contributed by atoms with Gasteiger partial charge in [-0.15, -0.1) is 0 Å². The Morgan fingerprint density at radius 1 is 1.24 bits per heavy atom. The highest BCUT2D eigenvalue weighted by molar-refractivity contribution is 8.26. The van der Waals surface area contributed by atoms with Crippen molar-refractivity contribution in [2.24, 2.45) is 5.92 Å². The minimum Gasteiger partial charge on any atom is -0.466 e. The van der Waals surface area contributed by atoms with E-state index in [1.54, 1.807) is 30.2 Å². The van der Waals surface area contributed by atoms with Crippen molar-refractivity contribution >= 4 is 57.7 Å². The molecule has 2 aliphatic rings. The van der Waals surface area contributed by atoms with Gasteiger partial charge in [0.2, 0.25) is 0 Å². The van der Waals surface area contributed by atoms with Crippen LogP contribution in [-0.2, 0) is 19.1 Å². The third-order valence-corrected chi connectivity index (χ3v) is 7.88. The zero-order valence-electron chi connectivity index (χ0n) is 21.4. The molecular weight excluding hydrogens is 512 g/mol. The molecule has 37 heavy (non-hydrogen) atoms. The smallest absolute Gasteiger partial charge is 0.309 e. The molecule has 0 N–H and O–H groups in total. The maximum Gasteiger partial charge on any atom is 0.309 e. The van der Waals surface area contributed by atoms with E-state index in [1.807, 2.05) is 24.8 Å². The van der Waals surface area contributed by atoms with Crippen molar-refractivity contribution in [3.63, 3.8) is 0 Å². The summed E-state index contributed by atoms with van der Waals surface area (Å²) in [6.45, 7) is 8.73. The fraction of sp³-hybridized carbons (Fsp3) is 0.500. The maximum absolute atomic E-state index is 13.7. The van der Waals surface area contributed by atoms with Crippen LogP contribution >= 0.6 is 24.0 Å². The second-order valence-electron chi connectivity index (χ2n) is 8.94. The first kappa shape index (κ1) is 27.3. The van der Waals surface area contributed by atoms with Crippen LogP contribution in [0.15, 0.2) is 28.0 Å². The summed E-state index contributed by atoms with van der Waals surface area (Å²) < 4.78 is 12.6. The average molecular weight is 545 g/mol. The first-order valence-electron chi connectivity index (χ1n) is 12.6. The fourth-order valence-corrected chi connectivity index (χ4v) is 5.84. The molecule has 0 spiro atoms. The number of hydrogen-bond acceptors (Lipinski definition) is 9. The van der Waals surface area contributed by atoms with E-state index >= 15 is 0 Å². The lowest BCUT2D eigenvalue weighted by molar-refractivity contribution is -0.148. The number of carbonyl (C=O) groups excluding carboxylic acids is 2. The van der Waals surface area contributed by atoms with E-state index in [0.717, 1.165) is 5.56 Å². The average Bonchev–Trinajstić information content (AvgIpc) is 3.16. The zero-order valence-corrected chi connectivity index (χ0v) is 23.0. The van der Waals surface area contributed by atoms with Crippen LogP contribution in [0.25, 0.3) is 11.7 Å². The Balaban J connectivity index is 1.68. The largest absolute Gasteiger partial charge is 0.466 e. The molecule has 0 radical (unpaired) electrons. The van der Waals surface area contributed by atoms with E-state index in [4.69, 9.17) is 26.7 Å². The quantitative estimate of drug-likeness (QED) is 0.204. The number of amides is 1. The standard InChI is InChI=1S/C26H32N4O5S2/c1-4-34-15-7-12-30-24(32)20(37-26(30)36)16-19-22(27-21-17(3)8-6-11-29(21)23(19)31)28-13-9-18(10-14-28)25(33)35-5-2/h6,8,11,16,18H,4-5,7,9-10,12-15H2,1-3H3/b20-16-. The molecule has 2 aromatic rings. The molecule has 2 saturated heterocycles. The van der Waals surface area contributed by atoms with E-state index in [9.17, 15) is 14.4 Å². The highest BCUT2D eigenvalue weighted by atomic mass is 32.2. The Bertz CT molecular complexity index is 1280. The molecule has 0 atom stereocenters.